The van der Waals surface area contributed by atoms with E-state index in [-0.39, 0.29) is 18.8 Å². The van der Waals surface area contributed by atoms with Gasteiger partial charge in [-0.05, 0) is 32.1 Å². The molecule has 6 nitrogen and oxygen atoms in total. The van der Waals surface area contributed by atoms with Crippen LogP contribution in [-0.4, -0.2) is 34.2 Å². The second kappa shape index (κ2) is 5.87. The molecule has 118 valence electrons. The van der Waals surface area contributed by atoms with E-state index in [0.717, 1.165) is 6.08 Å². The summed E-state index contributed by atoms with van der Waals surface area (Å²) in [5.74, 6) is -3.23. The molecular weight excluding hydrogens is 276 g/mol. The van der Waals surface area contributed by atoms with Gasteiger partial charge in [-0.1, -0.05) is 20.4 Å². The van der Waals surface area contributed by atoms with Crippen molar-refractivity contribution in [3.05, 3.63) is 12.7 Å². The van der Waals surface area contributed by atoms with Crippen LogP contribution >= 0.6 is 0 Å². The summed E-state index contributed by atoms with van der Waals surface area (Å²) in [5.41, 5.74) is -3.15. The first-order chi connectivity index (χ1) is 9.65. The SMILES string of the molecule is C=CC(=O)OC1CC(C)CC(CC)(C(=O)O)C1(C)C(=O)O. The van der Waals surface area contributed by atoms with Gasteiger partial charge in [-0.25, -0.2) is 4.79 Å². The van der Waals surface area contributed by atoms with Crippen LogP contribution in [0.25, 0.3) is 0 Å². The van der Waals surface area contributed by atoms with Gasteiger partial charge in [-0.15, -0.1) is 0 Å². The number of aliphatic carboxylic acids is 2. The lowest BCUT2D eigenvalue weighted by molar-refractivity contribution is -0.203. The molecule has 1 aliphatic rings. The zero-order chi connectivity index (χ0) is 16.4. The molecule has 4 atom stereocenters. The third-order valence-corrected chi connectivity index (χ3v) is 4.83. The summed E-state index contributed by atoms with van der Waals surface area (Å²) in [6.07, 6.45) is 0.662. The van der Waals surface area contributed by atoms with Crippen LogP contribution in [0.4, 0.5) is 0 Å². The Morgan fingerprint density at radius 3 is 2.29 bits per heavy atom. The van der Waals surface area contributed by atoms with Crippen LogP contribution in [-0.2, 0) is 19.1 Å². The van der Waals surface area contributed by atoms with E-state index < -0.39 is 34.8 Å². The lowest BCUT2D eigenvalue weighted by Crippen LogP contribution is -2.61. The van der Waals surface area contributed by atoms with Gasteiger partial charge in [0.25, 0.3) is 0 Å². The molecule has 0 radical (unpaired) electrons. The van der Waals surface area contributed by atoms with E-state index >= 15 is 0 Å². The standard InChI is InChI=1S/C15H22O6/c1-5-11(16)21-10-7-9(3)8-15(6-2,13(19)20)14(10,4)12(17)18/h5,9-10H,1,6-8H2,2-4H3,(H,17,18)(H,19,20). The molecule has 0 saturated heterocycles. The Hall–Kier alpha value is -1.85. The quantitative estimate of drug-likeness (QED) is 0.595. The topological polar surface area (TPSA) is 101 Å². The smallest absolute Gasteiger partial charge is 0.330 e. The number of carbonyl (C=O) groups is 3. The number of ether oxygens (including phenoxy) is 1. The molecule has 0 aromatic rings. The highest BCUT2D eigenvalue weighted by Gasteiger charge is 2.65. The second-order valence-corrected chi connectivity index (χ2v) is 5.92. The zero-order valence-corrected chi connectivity index (χ0v) is 12.6. The van der Waals surface area contributed by atoms with Crippen molar-refractivity contribution in [1.82, 2.24) is 0 Å². The molecule has 0 heterocycles. The van der Waals surface area contributed by atoms with Crippen LogP contribution in [0, 0.1) is 16.7 Å². The summed E-state index contributed by atoms with van der Waals surface area (Å²) in [4.78, 5) is 35.2. The van der Waals surface area contributed by atoms with Crippen molar-refractivity contribution in [2.45, 2.75) is 46.1 Å². The molecule has 0 aliphatic heterocycles. The molecule has 6 heteroatoms. The van der Waals surface area contributed by atoms with Gasteiger partial charge in [0.15, 0.2) is 0 Å². The van der Waals surface area contributed by atoms with Crippen LogP contribution in [0.2, 0.25) is 0 Å². The number of rotatable bonds is 5. The van der Waals surface area contributed by atoms with E-state index in [2.05, 4.69) is 6.58 Å². The van der Waals surface area contributed by atoms with Gasteiger partial charge < -0.3 is 14.9 Å². The highest BCUT2D eigenvalue weighted by molar-refractivity contribution is 5.88. The Morgan fingerprint density at radius 2 is 1.90 bits per heavy atom. The van der Waals surface area contributed by atoms with Crippen molar-refractivity contribution in [2.24, 2.45) is 16.7 Å². The Morgan fingerprint density at radius 1 is 1.33 bits per heavy atom. The molecule has 1 saturated carbocycles. The van der Waals surface area contributed by atoms with Gasteiger partial charge in [-0.3, -0.25) is 9.59 Å². The van der Waals surface area contributed by atoms with Crippen molar-refractivity contribution in [1.29, 1.82) is 0 Å². The Bertz CT molecular complexity index is 471. The highest BCUT2D eigenvalue weighted by atomic mass is 16.5. The van der Waals surface area contributed by atoms with Crippen LogP contribution in [0.3, 0.4) is 0 Å². The van der Waals surface area contributed by atoms with Crippen LogP contribution in [0.1, 0.15) is 40.0 Å². The van der Waals surface area contributed by atoms with Crippen molar-refractivity contribution >= 4 is 17.9 Å². The average Bonchev–Trinajstić information content (AvgIpc) is 2.41. The fourth-order valence-electron chi connectivity index (χ4n) is 3.47. The Balaban J connectivity index is 3.42. The van der Waals surface area contributed by atoms with Crippen molar-refractivity contribution in [3.63, 3.8) is 0 Å². The number of hydrogen-bond acceptors (Lipinski definition) is 4. The van der Waals surface area contributed by atoms with Gasteiger partial charge in [-0.2, -0.15) is 0 Å². The van der Waals surface area contributed by atoms with Crippen molar-refractivity contribution in [2.75, 3.05) is 0 Å². The highest BCUT2D eigenvalue weighted by Crippen LogP contribution is 2.55. The first-order valence-corrected chi connectivity index (χ1v) is 6.95. The molecule has 0 spiro atoms. The third-order valence-electron chi connectivity index (χ3n) is 4.83. The zero-order valence-electron chi connectivity index (χ0n) is 12.6. The lowest BCUT2D eigenvalue weighted by atomic mass is 9.52. The molecule has 0 amide bonds. The minimum Gasteiger partial charge on any atom is -0.481 e. The number of carboxylic acids is 2. The van der Waals surface area contributed by atoms with Crippen LogP contribution in [0.15, 0.2) is 12.7 Å². The Kier molecular flexibility index (Phi) is 4.81. The summed E-state index contributed by atoms with van der Waals surface area (Å²) >= 11 is 0. The van der Waals surface area contributed by atoms with E-state index in [1.165, 1.54) is 6.92 Å². The predicted molar refractivity (Wildman–Crippen MR) is 74.6 cm³/mol. The monoisotopic (exact) mass is 298 g/mol. The van der Waals surface area contributed by atoms with E-state index in [1.54, 1.807) is 6.92 Å². The number of esters is 1. The van der Waals surface area contributed by atoms with Crippen molar-refractivity contribution < 1.29 is 29.3 Å². The fraction of sp³-hybridized carbons (Fsp3) is 0.667. The molecule has 0 aromatic carbocycles. The van der Waals surface area contributed by atoms with Gasteiger partial charge in [0.05, 0.1) is 5.41 Å². The molecule has 1 fully saturated rings. The second-order valence-electron chi connectivity index (χ2n) is 5.92. The molecule has 1 aliphatic carbocycles. The maximum Gasteiger partial charge on any atom is 0.330 e. The molecule has 4 unspecified atom stereocenters. The molecule has 21 heavy (non-hydrogen) atoms. The average molecular weight is 298 g/mol. The molecule has 2 N–H and O–H groups in total. The maximum absolute atomic E-state index is 11.9. The molecule has 0 bridgehead atoms. The fourth-order valence-corrected chi connectivity index (χ4v) is 3.47. The number of carbonyl (C=O) groups excluding carboxylic acids is 1. The van der Waals surface area contributed by atoms with Gasteiger partial charge in [0.1, 0.15) is 11.5 Å². The van der Waals surface area contributed by atoms with Gasteiger partial charge in [0.2, 0.25) is 0 Å². The summed E-state index contributed by atoms with van der Waals surface area (Å²) in [7, 11) is 0. The number of carboxylic acid groups (broad SMARTS) is 2. The van der Waals surface area contributed by atoms with E-state index in [4.69, 9.17) is 4.74 Å². The minimum absolute atomic E-state index is 0.0592. The summed E-state index contributed by atoms with van der Waals surface area (Å²) in [5, 5.41) is 19.4. The summed E-state index contributed by atoms with van der Waals surface area (Å²) in [6, 6.07) is 0. The van der Waals surface area contributed by atoms with E-state index in [1.807, 2.05) is 6.92 Å². The van der Waals surface area contributed by atoms with Crippen LogP contribution < -0.4 is 0 Å². The predicted octanol–water partition coefficient (Wildman–Crippen LogP) is 2.09. The normalized spacial score (nSPS) is 35.8. The summed E-state index contributed by atoms with van der Waals surface area (Å²) < 4.78 is 5.19. The van der Waals surface area contributed by atoms with Crippen molar-refractivity contribution in [3.8, 4) is 0 Å². The summed E-state index contributed by atoms with van der Waals surface area (Å²) in [6.45, 7) is 8.14. The first kappa shape index (κ1) is 17.2. The van der Waals surface area contributed by atoms with Gasteiger partial charge >= 0.3 is 17.9 Å². The number of hydrogen-bond donors (Lipinski definition) is 2. The van der Waals surface area contributed by atoms with E-state index in [9.17, 15) is 24.6 Å². The third kappa shape index (κ3) is 2.54. The van der Waals surface area contributed by atoms with Gasteiger partial charge in [0, 0.05) is 6.08 Å². The Labute approximate surface area is 123 Å². The lowest BCUT2D eigenvalue weighted by Gasteiger charge is -2.51. The minimum atomic E-state index is -1.68. The molecule has 0 aromatic heterocycles. The molecule has 1 rings (SSSR count). The maximum atomic E-state index is 11.9. The largest absolute Gasteiger partial charge is 0.481 e. The van der Waals surface area contributed by atoms with E-state index in [0.29, 0.717) is 6.42 Å². The van der Waals surface area contributed by atoms with Crippen LogP contribution in [0.5, 0.6) is 0 Å². The first-order valence-electron chi connectivity index (χ1n) is 6.95. The molecular formula is C15H22O6.